The Morgan fingerprint density at radius 3 is 3.20 bits per heavy atom. The Morgan fingerprint density at radius 2 is 2.47 bits per heavy atom. The second kappa shape index (κ2) is 3.49. The van der Waals surface area contributed by atoms with Gasteiger partial charge in [-0.05, 0) is 31.2 Å². The highest BCUT2D eigenvalue weighted by atomic mass is 32.1. The first kappa shape index (κ1) is 9.16. The van der Waals surface area contributed by atoms with Crippen molar-refractivity contribution in [3.05, 3.63) is 29.5 Å². The average molecular weight is 218 g/mol. The fourth-order valence-electron chi connectivity index (χ4n) is 2.24. The second-order valence-corrected chi connectivity index (χ2v) is 5.12. The highest BCUT2D eigenvalue weighted by Gasteiger charge is 2.18. The normalized spacial score (nSPS) is 20.2. The smallest absolute Gasteiger partial charge is 0.109 e. The third-order valence-corrected chi connectivity index (χ3v) is 3.97. The Bertz CT molecular complexity index is 456. The van der Waals surface area contributed by atoms with Crippen LogP contribution in [0.25, 0.3) is 10.6 Å². The number of nitrogens with zero attached hydrogens (tertiary/aromatic N) is 2. The fourth-order valence-corrected chi connectivity index (χ4v) is 2.92. The van der Waals surface area contributed by atoms with Crippen LogP contribution in [0.3, 0.4) is 0 Å². The summed E-state index contributed by atoms with van der Waals surface area (Å²) in [4.78, 5) is 6.00. The topological polar surface area (TPSA) is 17.8 Å². The quantitative estimate of drug-likeness (QED) is 0.716. The molecule has 15 heavy (non-hydrogen) atoms. The Balaban J connectivity index is 2.06. The van der Waals surface area contributed by atoms with Crippen molar-refractivity contribution in [1.82, 2.24) is 9.55 Å². The van der Waals surface area contributed by atoms with Gasteiger partial charge in [0, 0.05) is 18.7 Å². The van der Waals surface area contributed by atoms with Crippen molar-refractivity contribution in [3.8, 4) is 10.6 Å². The first-order valence-corrected chi connectivity index (χ1v) is 6.34. The predicted octanol–water partition coefficient (Wildman–Crippen LogP) is 3.51. The fraction of sp³-hybridized carbons (Fsp3) is 0.417. The molecule has 2 aromatic rings. The van der Waals surface area contributed by atoms with Gasteiger partial charge in [0.15, 0.2) is 0 Å². The Hall–Kier alpha value is -1.09. The van der Waals surface area contributed by atoms with E-state index >= 15 is 0 Å². The molecular formula is C12H14N2S. The number of imidazole rings is 1. The maximum absolute atomic E-state index is 4.72. The van der Waals surface area contributed by atoms with Gasteiger partial charge < -0.3 is 4.57 Å². The molecule has 0 aliphatic carbocycles. The zero-order valence-electron chi connectivity index (χ0n) is 8.81. The van der Waals surface area contributed by atoms with Crippen LogP contribution in [0.4, 0.5) is 0 Å². The molecule has 1 aliphatic rings. The summed E-state index contributed by atoms with van der Waals surface area (Å²) in [5.74, 6) is 1.26. The van der Waals surface area contributed by atoms with Gasteiger partial charge in [0.2, 0.25) is 0 Å². The molecule has 78 valence electrons. The van der Waals surface area contributed by atoms with Gasteiger partial charge in [0.25, 0.3) is 0 Å². The van der Waals surface area contributed by atoms with E-state index in [0.29, 0.717) is 6.04 Å². The summed E-state index contributed by atoms with van der Waals surface area (Å²) in [6, 6.07) is 4.85. The van der Waals surface area contributed by atoms with Gasteiger partial charge in [0.1, 0.15) is 5.82 Å². The Labute approximate surface area is 93.6 Å². The van der Waals surface area contributed by atoms with E-state index in [9.17, 15) is 0 Å². The minimum atomic E-state index is 0.620. The monoisotopic (exact) mass is 218 g/mol. The maximum Gasteiger partial charge on any atom is 0.109 e. The lowest BCUT2D eigenvalue weighted by atomic mass is 10.1. The summed E-state index contributed by atoms with van der Waals surface area (Å²) >= 11 is 1.76. The van der Waals surface area contributed by atoms with Crippen molar-refractivity contribution >= 4 is 11.3 Å². The molecule has 1 atom stereocenters. The van der Waals surface area contributed by atoms with E-state index in [-0.39, 0.29) is 0 Å². The van der Waals surface area contributed by atoms with Gasteiger partial charge >= 0.3 is 0 Å². The SMILES string of the molecule is C[C@@H]1CCCc2nc(-c3cccs3)cn21. The van der Waals surface area contributed by atoms with Crippen LogP contribution < -0.4 is 0 Å². The van der Waals surface area contributed by atoms with Crippen molar-refractivity contribution in [2.45, 2.75) is 32.2 Å². The molecule has 0 amide bonds. The lowest BCUT2D eigenvalue weighted by Gasteiger charge is -2.20. The molecule has 0 N–H and O–H groups in total. The van der Waals surface area contributed by atoms with Crippen LogP contribution in [-0.2, 0) is 6.42 Å². The van der Waals surface area contributed by atoms with E-state index in [1.807, 2.05) is 0 Å². The molecule has 0 spiro atoms. The Morgan fingerprint density at radius 1 is 1.53 bits per heavy atom. The molecule has 0 unspecified atom stereocenters. The standard InChI is InChI=1S/C12H14N2S/c1-9-4-2-6-12-13-10(8-14(9)12)11-5-3-7-15-11/h3,5,7-9H,2,4,6H2,1H3/t9-/m1/s1. The molecule has 2 aromatic heterocycles. The number of aryl methyl sites for hydroxylation is 1. The summed E-state index contributed by atoms with van der Waals surface area (Å²) in [7, 11) is 0. The summed E-state index contributed by atoms with van der Waals surface area (Å²) in [6.07, 6.45) is 5.91. The van der Waals surface area contributed by atoms with Crippen LogP contribution in [0, 0.1) is 0 Å². The van der Waals surface area contributed by atoms with Gasteiger partial charge in [-0.1, -0.05) is 6.07 Å². The molecule has 3 rings (SSSR count). The molecule has 0 aromatic carbocycles. The number of rotatable bonds is 1. The lowest BCUT2D eigenvalue weighted by Crippen LogP contribution is -2.14. The summed E-state index contributed by atoms with van der Waals surface area (Å²) in [5, 5.41) is 2.11. The van der Waals surface area contributed by atoms with Gasteiger partial charge in [-0.3, -0.25) is 0 Å². The van der Waals surface area contributed by atoms with Crippen LogP contribution in [0.1, 0.15) is 31.6 Å². The van der Waals surface area contributed by atoms with Crippen molar-refractivity contribution in [2.24, 2.45) is 0 Å². The zero-order chi connectivity index (χ0) is 10.3. The highest BCUT2D eigenvalue weighted by Crippen LogP contribution is 2.29. The van der Waals surface area contributed by atoms with Crippen molar-refractivity contribution in [3.63, 3.8) is 0 Å². The first-order valence-electron chi connectivity index (χ1n) is 5.46. The molecule has 3 heterocycles. The third-order valence-electron chi connectivity index (χ3n) is 3.08. The largest absolute Gasteiger partial charge is 0.331 e. The van der Waals surface area contributed by atoms with E-state index in [2.05, 4.69) is 35.2 Å². The van der Waals surface area contributed by atoms with E-state index in [1.54, 1.807) is 11.3 Å². The van der Waals surface area contributed by atoms with Crippen LogP contribution in [0.2, 0.25) is 0 Å². The van der Waals surface area contributed by atoms with Crippen molar-refractivity contribution < 1.29 is 0 Å². The summed E-state index contributed by atoms with van der Waals surface area (Å²) in [5.41, 5.74) is 1.15. The molecule has 2 nitrogen and oxygen atoms in total. The number of hydrogen-bond acceptors (Lipinski definition) is 2. The van der Waals surface area contributed by atoms with Crippen LogP contribution >= 0.6 is 11.3 Å². The van der Waals surface area contributed by atoms with Crippen molar-refractivity contribution in [2.75, 3.05) is 0 Å². The first-order chi connectivity index (χ1) is 7.34. The van der Waals surface area contributed by atoms with Gasteiger partial charge in [0.05, 0.1) is 10.6 Å². The predicted molar refractivity (Wildman–Crippen MR) is 63.2 cm³/mol. The molecule has 0 saturated heterocycles. The second-order valence-electron chi connectivity index (χ2n) is 4.17. The molecule has 0 fully saturated rings. The number of thiophene rings is 1. The van der Waals surface area contributed by atoms with E-state index < -0.39 is 0 Å². The number of hydrogen-bond donors (Lipinski definition) is 0. The lowest BCUT2D eigenvalue weighted by molar-refractivity contribution is 0.426. The molecule has 0 bridgehead atoms. The maximum atomic E-state index is 4.72. The minimum absolute atomic E-state index is 0.620. The summed E-state index contributed by atoms with van der Waals surface area (Å²) < 4.78 is 2.35. The minimum Gasteiger partial charge on any atom is -0.331 e. The van der Waals surface area contributed by atoms with Gasteiger partial charge in [-0.2, -0.15) is 0 Å². The molecule has 1 aliphatic heterocycles. The van der Waals surface area contributed by atoms with Gasteiger partial charge in [-0.25, -0.2) is 4.98 Å². The van der Waals surface area contributed by atoms with Crippen LogP contribution in [0.15, 0.2) is 23.7 Å². The van der Waals surface area contributed by atoms with E-state index in [4.69, 9.17) is 4.98 Å². The van der Waals surface area contributed by atoms with E-state index in [1.165, 1.54) is 23.5 Å². The molecule has 3 heteroatoms. The Kier molecular flexibility index (Phi) is 2.13. The summed E-state index contributed by atoms with van der Waals surface area (Å²) in [6.45, 7) is 2.28. The van der Waals surface area contributed by atoms with Crippen LogP contribution in [-0.4, -0.2) is 9.55 Å². The number of aromatic nitrogens is 2. The molecule has 0 radical (unpaired) electrons. The number of fused-ring (bicyclic) bond motifs is 1. The third kappa shape index (κ3) is 1.51. The molecular weight excluding hydrogens is 204 g/mol. The van der Waals surface area contributed by atoms with Gasteiger partial charge in [-0.15, -0.1) is 11.3 Å². The van der Waals surface area contributed by atoms with Crippen molar-refractivity contribution in [1.29, 1.82) is 0 Å². The average Bonchev–Trinajstić information content (AvgIpc) is 2.86. The van der Waals surface area contributed by atoms with Crippen LogP contribution in [0.5, 0.6) is 0 Å². The van der Waals surface area contributed by atoms with E-state index in [0.717, 1.165) is 12.1 Å². The zero-order valence-corrected chi connectivity index (χ0v) is 9.63. The highest BCUT2D eigenvalue weighted by molar-refractivity contribution is 7.13. The molecule has 0 saturated carbocycles.